The molecule has 1 aromatic carbocycles. The van der Waals surface area contributed by atoms with E-state index in [4.69, 9.17) is 0 Å². The van der Waals surface area contributed by atoms with E-state index < -0.39 is 0 Å². The van der Waals surface area contributed by atoms with Gasteiger partial charge in [0, 0.05) is 23.7 Å². The van der Waals surface area contributed by atoms with E-state index in [0.717, 1.165) is 22.5 Å². The SMILES string of the molecule is CC1C(=O)Nc2ccc(-c3csc(NC(=O)c4cncn4C)n3)cc21. The summed E-state index contributed by atoms with van der Waals surface area (Å²) in [5.41, 5.74) is 3.96. The number of nitrogens with one attached hydrogen (secondary N) is 2. The first-order valence-corrected chi connectivity index (χ1v) is 8.59. The van der Waals surface area contributed by atoms with Crippen molar-refractivity contribution in [3.8, 4) is 11.3 Å². The highest BCUT2D eigenvalue weighted by molar-refractivity contribution is 7.14. The Morgan fingerprint density at radius 2 is 2.24 bits per heavy atom. The van der Waals surface area contributed by atoms with Crippen molar-refractivity contribution in [3.63, 3.8) is 0 Å². The van der Waals surface area contributed by atoms with Crippen LogP contribution in [0.1, 0.15) is 28.9 Å². The standard InChI is InChI=1S/C17H15N5O2S/c1-9-11-5-10(3-4-12(11)19-15(9)23)13-7-25-17(20-13)21-16(24)14-6-18-8-22(14)2/h3-9H,1-2H3,(H,19,23)(H,20,21,24). The zero-order chi connectivity index (χ0) is 17.6. The molecular weight excluding hydrogens is 338 g/mol. The Hall–Kier alpha value is -3.00. The van der Waals surface area contributed by atoms with Crippen LogP contribution < -0.4 is 10.6 Å². The van der Waals surface area contributed by atoms with Crippen LogP contribution in [-0.2, 0) is 11.8 Å². The maximum Gasteiger partial charge on any atom is 0.275 e. The number of imidazole rings is 1. The first kappa shape index (κ1) is 15.5. The summed E-state index contributed by atoms with van der Waals surface area (Å²) in [6.07, 6.45) is 3.08. The number of thiazole rings is 1. The molecule has 0 bridgehead atoms. The van der Waals surface area contributed by atoms with Gasteiger partial charge in [0.2, 0.25) is 5.91 Å². The third-order valence-electron chi connectivity index (χ3n) is 4.24. The molecule has 0 saturated heterocycles. The molecular formula is C17H15N5O2S. The quantitative estimate of drug-likeness (QED) is 0.758. The molecule has 0 saturated carbocycles. The topological polar surface area (TPSA) is 88.9 Å². The van der Waals surface area contributed by atoms with Crippen LogP contribution in [0.25, 0.3) is 11.3 Å². The molecule has 0 aliphatic carbocycles. The van der Waals surface area contributed by atoms with Crippen LogP contribution in [0.4, 0.5) is 10.8 Å². The Labute approximate surface area is 147 Å². The molecule has 3 heterocycles. The zero-order valence-electron chi connectivity index (χ0n) is 13.6. The number of hydrogen-bond donors (Lipinski definition) is 2. The van der Waals surface area contributed by atoms with Crippen molar-refractivity contribution in [2.24, 2.45) is 7.05 Å². The first-order chi connectivity index (χ1) is 12.0. The second-order valence-corrected chi connectivity index (χ2v) is 6.75. The van der Waals surface area contributed by atoms with Crippen LogP contribution in [0.15, 0.2) is 36.1 Å². The van der Waals surface area contributed by atoms with Gasteiger partial charge in [-0.05, 0) is 24.6 Å². The highest BCUT2D eigenvalue weighted by Crippen LogP contribution is 2.36. The second-order valence-electron chi connectivity index (χ2n) is 5.89. The lowest BCUT2D eigenvalue weighted by molar-refractivity contribution is -0.116. The Balaban J connectivity index is 1.57. The van der Waals surface area contributed by atoms with Crippen molar-refractivity contribution in [3.05, 3.63) is 47.4 Å². The summed E-state index contributed by atoms with van der Waals surface area (Å²) in [6.45, 7) is 1.88. The van der Waals surface area contributed by atoms with Crippen LogP contribution in [0, 0.1) is 0 Å². The Morgan fingerprint density at radius 1 is 1.40 bits per heavy atom. The van der Waals surface area contributed by atoms with Gasteiger partial charge in [-0.25, -0.2) is 9.97 Å². The average molecular weight is 353 g/mol. The average Bonchev–Trinajstić information content (AvgIpc) is 3.29. The van der Waals surface area contributed by atoms with E-state index in [0.29, 0.717) is 10.8 Å². The Kier molecular flexibility index (Phi) is 3.61. The van der Waals surface area contributed by atoms with Gasteiger partial charge in [-0.3, -0.25) is 14.9 Å². The molecule has 0 radical (unpaired) electrons. The minimum atomic E-state index is -0.252. The molecule has 3 aromatic rings. The maximum absolute atomic E-state index is 12.2. The molecule has 25 heavy (non-hydrogen) atoms. The van der Waals surface area contributed by atoms with E-state index >= 15 is 0 Å². The Bertz CT molecular complexity index is 991. The highest BCUT2D eigenvalue weighted by atomic mass is 32.1. The summed E-state index contributed by atoms with van der Waals surface area (Å²) in [4.78, 5) is 32.4. The Morgan fingerprint density at radius 3 is 3.00 bits per heavy atom. The summed E-state index contributed by atoms with van der Waals surface area (Å²) in [5.74, 6) is -0.412. The number of rotatable bonds is 3. The van der Waals surface area contributed by atoms with Crippen LogP contribution in [0.2, 0.25) is 0 Å². The molecule has 0 spiro atoms. The van der Waals surface area contributed by atoms with E-state index in [9.17, 15) is 9.59 Å². The summed E-state index contributed by atoms with van der Waals surface area (Å²) >= 11 is 1.36. The highest BCUT2D eigenvalue weighted by Gasteiger charge is 2.26. The number of carbonyl (C=O) groups excluding carboxylic acids is 2. The van der Waals surface area contributed by atoms with E-state index in [1.54, 1.807) is 17.9 Å². The molecule has 8 heteroatoms. The number of fused-ring (bicyclic) bond motifs is 1. The maximum atomic E-state index is 12.2. The van der Waals surface area contributed by atoms with E-state index in [2.05, 4.69) is 20.6 Å². The van der Waals surface area contributed by atoms with Gasteiger partial charge in [-0.2, -0.15) is 0 Å². The van der Waals surface area contributed by atoms with Crippen molar-refractivity contribution >= 4 is 34.0 Å². The smallest absolute Gasteiger partial charge is 0.275 e. The number of anilines is 2. The van der Waals surface area contributed by atoms with Crippen molar-refractivity contribution < 1.29 is 9.59 Å². The molecule has 2 N–H and O–H groups in total. The summed E-state index contributed by atoms with van der Waals surface area (Å²) in [5, 5.41) is 8.04. The molecule has 1 aliphatic heterocycles. The number of aromatic nitrogens is 3. The van der Waals surface area contributed by atoms with Crippen LogP contribution in [0.5, 0.6) is 0 Å². The van der Waals surface area contributed by atoms with Gasteiger partial charge in [0.15, 0.2) is 5.13 Å². The van der Waals surface area contributed by atoms with Crippen LogP contribution >= 0.6 is 11.3 Å². The lowest BCUT2D eigenvalue weighted by atomic mass is 10.00. The van der Waals surface area contributed by atoms with Crippen molar-refractivity contribution in [1.29, 1.82) is 0 Å². The monoisotopic (exact) mass is 353 g/mol. The number of aryl methyl sites for hydroxylation is 1. The van der Waals surface area contributed by atoms with E-state index in [-0.39, 0.29) is 17.7 Å². The molecule has 1 aliphatic rings. The predicted octanol–water partition coefficient (Wildman–Crippen LogP) is 2.85. The second kappa shape index (κ2) is 5.82. The fraction of sp³-hybridized carbons (Fsp3) is 0.176. The van der Waals surface area contributed by atoms with Gasteiger partial charge < -0.3 is 9.88 Å². The van der Waals surface area contributed by atoms with Gasteiger partial charge in [-0.15, -0.1) is 11.3 Å². The van der Waals surface area contributed by atoms with Gasteiger partial charge in [0.1, 0.15) is 5.69 Å². The fourth-order valence-electron chi connectivity index (χ4n) is 2.78. The lowest BCUT2D eigenvalue weighted by Gasteiger charge is -2.04. The normalized spacial score (nSPS) is 15.8. The third-order valence-corrected chi connectivity index (χ3v) is 5.00. The minimum absolute atomic E-state index is 0.00885. The molecule has 4 rings (SSSR count). The largest absolute Gasteiger partial charge is 0.330 e. The van der Waals surface area contributed by atoms with Crippen LogP contribution in [0.3, 0.4) is 0 Å². The predicted molar refractivity (Wildman–Crippen MR) is 95.8 cm³/mol. The molecule has 2 amide bonds. The number of nitrogens with zero attached hydrogens (tertiary/aromatic N) is 3. The molecule has 0 fully saturated rings. The van der Waals surface area contributed by atoms with Gasteiger partial charge in [0.25, 0.3) is 5.91 Å². The number of benzene rings is 1. The number of amides is 2. The number of hydrogen-bond acceptors (Lipinski definition) is 5. The van der Waals surface area contributed by atoms with E-state index in [1.807, 2.05) is 30.5 Å². The van der Waals surface area contributed by atoms with Crippen LogP contribution in [-0.4, -0.2) is 26.3 Å². The first-order valence-electron chi connectivity index (χ1n) is 7.71. The van der Waals surface area contributed by atoms with Crippen molar-refractivity contribution in [1.82, 2.24) is 14.5 Å². The van der Waals surface area contributed by atoms with Gasteiger partial charge in [0.05, 0.1) is 24.1 Å². The summed E-state index contributed by atoms with van der Waals surface area (Å²) < 4.78 is 1.65. The van der Waals surface area contributed by atoms with Gasteiger partial charge >= 0.3 is 0 Å². The summed E-state index contributed by atoms with van der Waals surface area (Å²) in [7, 11) is 1.76. The number of carbonyl (C=O) groups is 2. The fourth-order valence-corrected chi connectivity index (χ4v) is 3.49. The summed E-state index contributed by atoms with van der Waals surface area (Å²) in [6, 6.07) is 5.78. The molecule has 2 aromatic heterocycles. The molecule has 7 nitrogen and oxygen atoms in total. The van der Waals surface area contributed by atoms with Crippen molar-refractivity contribution in [2.75, 3.05) is 10.6 Å². The molecule has 1 unspecified atom stereocenters. The third kappa shape index (κ3) is 2.70. The zero-order valence-corrected chi connectivity index (χ0v) is 14.4. The molecule has 1 atom stereocenters. The van der Waals surface area contributed by atoms with E-state index in [1.165, 1.54) is 17.5 Å². The van der Waals surface area contributed by atoms with Gasteiger partial charge in [-0.1, -0.05) is 6.07 Å². The molecule has 126 valence electrons. The minimum Gasteiger partial charge on any atom is -0.330 e. The lowest BCUT2D eigenvalue weighted by Crippen LogP contribution is -2.15. The van der Waals surface area contributed by atoms with Crippen molar-refractivity contribution in [2.45, 2.75) is 12.8 Å².